The van der Waals surface area contributed by atoms with E-state index >= 15 is 0 Å². The summed E-state index contributed by atoms with van der Waals surface area (Å²) in [7, 11) is -5.23. The molecule has 15 heteroatoms. The smallest absolute Gasteiger partial charge is 0.494 e. The van der Waals surface area contributed by atoms with Crippen LogP contribution in [0.1, 0.15) is 103 Å². The van der Waals surface area contributed by atoms with Crippen LogP contribution in [0.4, 0.5) is 0 Å². The third-order valence-electron chi connectivity index (χ3n) is 7.69. The van der Waals surface area contributed by atoms with Crippen molar-refractivity contribution in [2.75, 3.05) is 66.1 Å². The van der Waals surface area contributed by atoms with Crippen LogP contribution in [0.15, 0.2) is 48.5 Å². The number of benzene rings is 2. The molecule has 0 fully saturated rings. The van der Waals surface area contributed by atoms with E-state index in [4.69, 9.17) is 40.8 Å². The highest BCUT2D eigenvalue weighted by Crippen LogP contribution is 2.22. The van der Waals surface area contributed by atoms with E-state index in [1.807, 2.05) is 41.5 Å². The molecule has 0 heterocycles. The highest BCUT2D eigenvalue weighted by Gasteiger charge is 2.40. The van der Waals surface area contributed by atoms with Crippen molar-refractivity contribution >= 4 is 29.2 Å². The summed E-state index contributed by atoms with van der Waals surface area (Å²) < 4.78 is 51.9. The van der Waals surface area contributed by atoms with Crippen LogP contribution < -0.4 is 9.47 Å². The number of Topliss-reactive ketones (excluding diaryl/α,β-unsaturated/α-hetero) is 2. The second-order valence-electron chi connectivity index (χ2n) is 13.3. The summed E-state index contributed by atoms with van der Waals surface area (Å²) in [6.45, 7) is 22.9. The maximum Gasteiger partial charge on any atom is 0.501 e. The maximum absolute atomic E-state index is 12.0. The predicted molar refractivity (Wildman–Crippen MR) is 216 cm³/mol. The van der Waals surface area contributed by atoms with Crippen molar-refractivity contribution < 1.29 is 60.6 Å². The predicted octanol–water partition coefficient (Wildman–Crippen LogP) is 6.93. The molecule has 2 aromatic rings. The Balaban J connectivity index is 0.000000553. The molecule has 0 radical (unpaired) electrons. The Morgan fingerprint density at radius 2 is 0.800 bits per heavy atom. The minimum Gasteiger partial charge on any atom is -0.494 e. The molecule has 0 unspecified atom stereocenters. The maximum atomic E-state index is 12.0. The summed E-state index contributed by atoms with van der Waals surface area (Å²) in [5, 5.41) is 19.6. The Kier molecular flexibility index (Phi) is 24.2. The lowest BCUT2D eigenvalue weighted by molar-refractivity contribution is 0.0487. The van der Waals surface area contributed by atoms with Crippen molar-refractivity contribution in [3.05, 3.63) is 59.7 Å². The fraction of sp³-hybridized carbons (Fsp3) is 0.650. The Morgan fingerprint density at radius 1 is 0.491 bits per heavy atom. The molecule has 2 rings (SSSR count). The lowest BCUT2D eigenvalue weighted by Gasteiger charge is -2.28. The molecule has 0 amide bonds. The van der Waals surface area contributed by atoms with E-state index in [9.17, 15) is 19.8 Å². The zero-order valence-electron chi connectivity index (χ0n) is 34.9. The van der Waals surface area contributed by atoms with Crippen LogP contribution in [0.3, 0.4) is 0 Å². The Bertz CT molecular complexity index is 1290. The Labute approximate surface area is 331 Å². The number of ketones is 2. The molecule has 2 aromatic carbocycles. The van der Waals surface area contributed by atoms with Crippen molar-refractivity contribution in [3.63, 3.8) is 0 Å². The molecule has 314 valence electrons. The van der Waals surface area contributed by atoms with Crippen LogP contribution in [-0.2, 0) is 31.3 Å². The SMILES string of the molecule is CCO[Si](CCCOCCOc1ccc(C(=O)C(C)(C)O)cc1)(OCC)OCC.CCO[Si](CCCOc1ccc(C(=O)C(C)(C)O)cc1)(OCC)OCC. The third kappa shape index (κ3) is 19.4. The van der Waals surface area contributed by atoms with Crippen LogP contribution >= 0.6 is 0 Å². The summed E-state index contributed by atoms with van der Waals surface area (Å²) in [5.74, 6) is 0.688. The van der Waals surface area contributed by atoms with Gasteiger partial charge in [0.25, 0.3) is 0 Å². The van der Waals surface area contributed by atoms with E-state index in [-0.39, 0.29) is 11.6 Å². The fourth-order valence-corrected chi connectivity index (χ4v) is 10.5. The van der Waals surface area contributed by atoms with Crippen LogP contribution in [0.5, 0.6) is 11.5 Å². The third-order valence-corrected chi connectivity index (χ3v) is 14.0. The lowest BCUT2D eigenvalue weighted by Crippen LogP contribution is -2.46. The van der Waals surface area contributed by atoms with Crippen molar-refractivity contribution in [1.82, 2.24) is 0 Å². The Hall–Kier alpha value is -2.55. The van der Waals surface area contributed by atoms with E-state index in [0.717, 1.165) is 18.9 Å². The average molecular weight is 813 g/mol. The first-order valence-electron chi connectivity index (χ1n) is 19.5. The molecule has 0 aliphatic heterocycles. The van der Waals surface area contributed by atoms with Crippen LogP contribution in [0.2, 0.25) is 12.1 Å². The number of hydrogen-bond donors (Lipinski definition) is 2. The quantitative estimate of drug-likeness (QED) is 0.0496. The molecule has 0 aromatic heterocycles. The number of carbonyl (C=O) groups is 2. The van der Waals surface area contributed by atoms with Gasteiger partial charge in [-0.25, -0.2) is 0 Å². The number of carbonyl (C=O) groups excluding carboxylic acids is 2. The molecular weight excluding hydrogens is 745 g/mol. The van der Waals surface area contributed by atoms with E-state index in [1.54, 1.807) is 48.5 Å². The summed E-state index contributed by atoms with van der Waals surface area (Å²) in [4.78, 5) is 24.0. The van der Waals surface area contributed by atoms with Crippen LogP contribution in [0.25, 0.3) is 0 Å². The monoisotopic (exact) mass is 812 g/mol. The molecule has 0 spiro atoms. The molecule has 0 saturated carbocycles. The zero-order chi connectivity index (χ0) is 41.4. The number of hydrogen-bond acceptors (Lipinski definition) is 13. The van der Waals surface area contributed by atoms with Crippen LogP contribution in [-0.4, -0.2) is 117 Å². The van der Waals surface area contributed by atoms with Crippen molar-refractivity contribution in [1.29, 1.82) is 0 Å². The van der Waals surface area contributed by atoms with Gasteiger partial charge in [0, 0.05) is 69.5 Å². The number of aliphatic hydroxyl groups is 2. The first kappa shape index (κ1) is 50.5. The van der Waals surface area contributed by atoms with Gasteiger partial charge >= 0.3 is 17.6 Å². The van der Waals surface area contributed by atoms with Gasteiger partial charge in [0.1, 0.15) is 29.3 Å². The van der Waals surface area contributed by atoms with E-state index in [0.29, 0.717) is 94.7 Å². The van der Waals surface area contributed by atoms with Gasteiger partial charge in [-0.05, 0) is 131 Å². The second-order valence-corrected chi connectivity index (χ2v) is 18.8. The standard InChI is InChI=1S/C21H36O7Si.C19H32O6Si/c1-6-26-29(27-7-2,28-8-3)17-9-14-24-15-16-25-19-12-10-18(11-13-19)20(22)21(4,5)23;1-6-23-26(24-7-2,25-8-3)15-9-14-22-17-12-10-16(11-13-17)18(20)19(4,5)21/h10-13,23H,6-9,14-17H2,1-5H3;10-13,21H,6-9,14-15H2,1-5H3. The minimum atomic E-state index is -2.63. The van der Waals surface area contributed by atoms with Gasteiger partial charge in [-0.3, -0.25) is 9.59 Å². The highest BCUT2D eigenvalue weighted by atomic mass is 28.4. The fourth-order valence-electron chi connectivity index (χ4n) is 5.30. The van der Waals surface area contributed by atoms with Gasteiger partial charge in [-0.2, -0.15) is 0 Å². The van der Waals surface area contributed by atoms with Gasteiger partial charge in [0.05, 0.1) is 13.2 Å². The summed E-state index contributed by atoms with van der Waals surface area (Å²) in [5.41, 5.74) is -1.86. The molecule has 0 atom stereocenters. The van der Waals surface area contributed by atoms with Gasteiger partial charge in [-0.15, -0.1) is 0 Å². The highest BCUT2D eigenvalue weighted by molar-refractivity contribution is 6.61. The van der Waals surface area contributed by atoms with Gasteiger partial charge in [-0.1, -0.05) is 0 Å². The molecule has 55 heavy (non-hydrogen) atoms. The molecule has 0 aliphatic rings. The van der Waals surface area contributed by atoms with Gasteiger partial charge < -0.3 is 51.0 Å². The van der Waals surface area contributed by atoms with E-state index < -0.39 is 28.8 Å². The largest absolute Gasteiger partial charge is 0.501 e. The zero-order valence-corrected chi connectivity index (χ0v) is 36.9. The summed E-state index contributed by atoms with van der Waals surface area (Å²) >= 11 is 0. The van der Waals surface area contributed by atoms with Gasteiger partial charge in [0.15, 0.2) is 11.6 Å². The molecule has 0 saturated heterocycles. The molecule has 2 N–H and O–H groups in total. The summed E-state index contributed by atoms with van der Waals surface area (Å²) in [6.07, 6.45) is 1.54. The first-order valence-corrected chi connectivity index (χ1v) is 23.3. The molecule has 13 nitrogen and oxygen atoms in total. The van der Waals surface area contributed by atoms with Crippen molar-refractivity contribution in [2.45, 2.75) is 105 Å². The lowest BCUT2D eigenvalue weighted by atomic mass is 9.97. The second kappa shape index (κ2) is 26.4. The number of ether oxygens (including phenoxy) is 3. The van der Waals surface area contributed by atoms with E-state index in [1.165, 1.54) is 27.7 Å². The average Bonchev–Trinajstić information content (AvgIpc) is 3.13. The number of rotatable bonds is 29. The minimum absolute atomic E-state index is 0.315. The first-order chi connectivity index (χ1) is 26.1. The Morgan fingerprint density at radius 3 is 1.11 bits per heavy atom. The molecule has 0 bridgehead atoms. The molecular formula is C40H68O13Si2. The van der Waals surface area contributed by atoms with E-state index in [2.05, 4.69) is 0 Å². The van der Waals surface area contributed by atoms with Gasteiger partial charge in [0.2, 0.25) is 0 Å². The molecule has 0 aliphatic carbocycles. The topological polar surface area (TPSA) is 158 Å². The van der Waals surface area contributed by atoms with Crippen molar-refractivity contribution in [2.24, 2.45) is 0 Å². The van der Waals surface area contributed by atoms with Crippen molar-refractivity contribution in [3.8, 4) is 11.5 Å². The normalized spacial score (nSPS) is 12.2. The van der Waals surface area contributed by atoms with Crippen LogP contribution in [0, 0.1) is 0 Å². The summed E-state index contributed by atoms with van der Waals surface area (Å²) in [6, 6.07) is 14.9.